The molecule has 0 bridgehead atoms. The van der Waals surface area contributed by atoms with Crippen LogP contribution in [-0.4, -0.2) is 29.6 Å². The molecule has 2 N–H and O–H groups in total. The van der Waals surface area contributed by atoms with Crippen LogP contribution in [0, 0.1) is 0 Å². The number of furan rings is 1. The Bertz CT molecular complexity index is 529. The van der Waals surface area contributed by atoms with Gasteiger partial charge >= 0.3 is 57.6 Å². The maximum atomic E-state index is 12.8. The summed E-state index contributed by atoms with van der Waals surface area (Å²) in [5.41, 5.74) is -2.04. The third-order valence-electron chi connectivity index (χ3n) is 2.73. The van der Waals surface area contributed by atoms with Gasteiger partial charge in [-0.1, -0.05) is 6.92 Å². The van der Waals surface area contributed by atoms with Gasteiger partial charge in [0.25, 0.3) is 5.91 Å². The van der Waals surface area contributed by atoms with E-state index in [2.05, 4.69) is 0 Å². The predicted octanol–water partition coefficient (Wildman–Crippen LogP) is -2.90. The second-order valence-electron chi connectivity index (χ2n) is 4.16. The Hall–Kier alpha value is -0.394. The molecule has 0 unspecified atom stereocenters. The minimum absolute atomic E-state index is 0. The number of rotatable bonds is 6. The summed E-state index contributed by atoms with van der Waals surface area (Å²) in [6.07, 6.45) is -4.76. The summed E-state index contributed by atoms with van der Waals surface area (Å²) in [4.78, 5) is 22.6. The minimum atomic E-state index is -4.81. The van der Waals surface area contributed by atoms with Crippen molar-refractivity contribution >= 4 is 11.9 Å². The molecule has 1 atom stereocenters. The van der Waals surface area contributed by atoms with Crippen molar-refractivity contribution in [1.29, 1.82) is 0 Å². The van der Waals surface area contributed by atoms with Gasteiger partial charge in [0.1, 0.15) is 17.6 Å². The molecule has 0 saturated heterocycles. The van der Waals surface area contributed by atoms with Crippen LogP contribution in [-0.2, 0) is 17.4 Å². The number of aliphatic carboxylic acids is 1. The summed E-state index contributed by atoms with van der Waals surface area (Å²) < 4.78 is 43.1. The zero-order valence-electron chi connectivity index (χ0n) is 12.0. The first-order valence-electron chi connectivity index (χ1n) is 6.02. The minimum Gasteiger partial charge on any atom is -0.548 e. The molecule has 0 saturated carbocycles. The summed E-state index contributed by atoms with van der Waals surface area (Å²) in [5.74, 6) is -3.15. The molecule has 0 aliphatic heterocycles. The predicted molar refractivity (Wildman–Crippen MR) is 61.1 cm³/mol. The van der Waals surface area contributed by atoms with Crippen molar-refractivity contribution in [3.05, 3.63) is 23.2 Å². The van der Waals surface area contributed by atoms with Gasteiger partial charge in [-0.05, 0) is 6.42 Å². The number of alkyl halides is 3. The molecule has 1 rings (SSSR count). The molecule has 1 heterocycles. The first-order chi connectivity index (χ1) is 9.72. The van der Waals surface area contributed by atoms with Gasteiger partial charge in [-0.25, -0.2) is 0 Å². The number of carboxylic acid groups (broad SMARTS) is 1. The van der Waals surface area contributed by atoms with Gasteiger partial charge in [-0.15, -0.1) is 0 Å². The normalized spacial score (nSPS) is 12.4. The quantitative estimate of drug-likeness (QED) is 0.538. The van der Waals surface area contributed by atoms with Gasteiger partial charge < -0.3 is 24.7 Å². The van der Waals surface area contributed by atoms with Gasteiger partial charge in [0.05, 0.1) is 17.6 Å². The van der Waals surface area contributed by atoms with Crippen LogP contribution in [0.2, 0.25) is 0 Å². The Balaban J connectivity index is 0.00000441. The Morgan fingerprint density at radius 1 is 1.45 bits per heavy atom. The summed E-state index contributed by atoms with van der Waals surface area (Å²) >= 11 is 0. The SMILES string of the molecule is CCc1occ(C(F)(F)F)c1C(=O)N[C@@H](CCO)C(=O)[O-].[K+]. The van der Waals surface area contributed by atoms with Crippen LogP contribution >= 0.6 is 0 Å². The van der Waals surface area contributed by atoms with Crippen LogP contribution in [0.5, 0.6) is 0 Å². The fourth-order valence-corrected chi connectivity index (χ4v) is 1.72. The van der Waals surface area contributed by atoms with Crippen LogP contribution in [0.4, 0.5) is 13.2 Å². The molecule has 6 nitrogen and oxygen atoms in total. The number of aryl methyl sites for hydroxylation is 1. The fourth-order valence-electron chi connectivity index (χ4n) is 1.72. The van der Waals surface area contributed by atoms with Crippen molar-refractivity contribution in [2.45, 2.75) is 32.0 Å². The Morgan fingerprint density at radius 2 is 2.05 bits per heavy atom. The van der Waals surface area contributed by atoms with Crippen molar-refractivity contribution < 1.29 is 88.8 Å². The number of carboxylic acids is 1. The second kappa shape index (κ2) is 9.04. The second-order valence-corrected chi connectivity index (χ2v) is 4.16. The molecule has 118 valence electrons. The standard InChI is InChI=1S/C12H14F3NO5.K/c1-2-8-9(6(5-21-8)12(13,14)15)10(18)16-7(3-4-17)11(19)20;/h5,7,17H,2-4H2,1H3,(H,16,18)(H,19,20);/q;+1/p-1/t7-;/m0./s1. The van der Waals surface area contributed by atoms with E-state index in [1.54, 1.807) is 0 Å². The molecule has 0 fully saturated rings. The van der Waals surface area contributed by atoms with Crippen molar-refractivity contribution in [2.75, 3.05) is 6.61 Å². The molecule has 10 heteroatoms. The number of nitrogens with one attached hydrogen (secondary N) is 1. The van der Waals surface area contributed by atoms with Crippen molar-refractivity contribution in [1.82, 2.24) is 5.32 Å². The Kier molecular flexibility index (Phi) is 8.88. The molecule has 0 radical (unpaired) electrons. The van der Waals surface area contributed by atoms with E-state index in [1.165, 1.54) is 6.92 Å². The van der Waals surface area contributed by atoms with Gasteiger partial charge in [0.2, 0.25) is 0 Å². The summed E-state index contributed by atoms with van der Waals surface area (Å²) in [6.45, 7) is 0.913. The molecule has 1 amide bonds. The summed E-state index contributed by atoms with van der Waals surface area (Å²) in [7, 11) is 0. The molecular weight excluding hydrogens is 334 g/mol. The average Bonchev–Trinajstić information content (AvgIpc) is 2.81. The molecule has 0 aliphatic carbocycles. The van der Waals surface area contributed by atoms with Gasteiger partial charge in [-0.3, -0.25) is 4.79 Å². The number of halogens is 3. The van der Waals surface area contributed by atoms with Crippen molar-refractivity contribution in [3.8, 4) is 0 Å². The van der Waals surface area contributed by atoms with E-state index < -0.39 is 41.8 Å². The monoisotopic (exact) mass is 347 g/mol. The van der Waals surface area contributed by atoms with E-state index in [9.17, 15) is 27.9 Å². The van der Waals surface area contributed by atoms with Crippen molar-refractivity contribution in [3.63, 3.8) is 0 Å². The molecule has 1 aromatic heterocycles. The zero-order valence-corrected chi connectivity index (χ0v) is 15.1. The smallest absolute Gasteiger partial charge is 0.548 e. The van der Waals surface area contributed by atoms with Crippen LogP contribution in [0.25, 0.3) is 0 Å². The van der Waals surface area contributed by atoms with E-state index in [4.69, 9.17) is 9.52 Å². The average molecular weight is 347 g/mol. The van der Waals surface area contributed by atoms with Crippen LogP contribution < -0.4 is 61.8 Å². The maximum Gasteiger partial charge on any atom is 1.00 e. The van der Waals surface area contributed by atoms with E-state index in [-0.39, 0.29) is 70.0 Å². The molecule has 22 heavy (non-hydrogen) atoms. The van der Waals surface area contributed by atoms with E-state index in [0.717, 1.165) is 0 Å². The topological polar surface area (TPSA) is 103 Å². The van der Waals surface area contributed by atoms with Crippen LogP contribution in [0.3, 0.4) is 0 Å². The summed E-state index contributed by atoms with van der Waals surface area (Å²) in [6, 6.07) is -1.59. The van der Waals surface area contributed by atoms with E-state index in [0.29, 0.717) is 6.26 Å². The van der Waals surface area contributed by atoms with Crippen LogP contribution in [0.15, 0.2) is 10.7 Å². The van der Waals surface area contributed by atoms with Gasteiger partial charge in [0.15, 0.2) is 0 Å². The number of hydrogen-bond acceptors (Lipinski definition) is 5. The molecule has 1 aromatic rings. The number of aliphatic hydroxyl groups is 1. The number of carbonyl (C=O) groups excluding carboxylic acids is 2. The first-order valence-corrected chi connectivity index (χ1v) is 6.02. The molecule has 0 aliphatic rings. The van der Waals surface area contributed by atoms with E-state index in [1.807, 2.05) is 5.32 Å². The number of carbonyl (C=O) groups is 2. The van der Waals surface area contributed by atoms with Gasteiger partial charge in [0, 0.05) is 13.0 Å². The van der Waals surface area contributed by atoms with Crippen molar-refractivity contribution in [2.24, 2.45) is 0 Å². The number of amides is 1. The number of hydrogen-bond donors (Lipinski definition) is 2. The Labute approximate surface area is 166 Å². The third kappa shape index (κ3) is 5.35. The largest absolute Gasteiger partial charge is 1.00 e. The third-order valence-corrected chi connectivity index (χ3v) is 2.73. The first kappa shape index (κ1) is 21.6. The van der Waals surface area contributed by atoms with E-state index >= 15 is 0 Å². The van der Waals surface area contributed by atoms with Gasteiger partial charge in [-0.2, -0.15) is 13.2 Å². The molecular formula is C12H13F3KNO5. The zero-order chi connectivity index (χ0) is 16.2. The fraction of sp³-hybridized carbons (Fsp3) is 0.500. The summed E-state index contributed by atoms with van der Waals surface area (Å²) in [5, 5.41) is 21.3. The van der Waals surface area contributed by atoms with Crippen LogP contribution in [0.1, 0.15) is 35.0 Å². The maximum absolute atomic E-state index is 12.8. The molecule has 0 spiro atoms. The molecule has 0 aromatic carbocycles. The Morgan fingerprint density at radius 3 is 2.45 bits per heavy atom. The number of aliphatic hydroxyl groups excluding tert-OH is 1.